The van der Waals surface area contributed by atoms with Crippen molar-refractivity contribution in [2.24, 2.45) is 0 Å². The molecule has 0 bridgehead atoms. The number of aromatic nitrogens is 1. The lowest BCUT2D eigenvalue weighted by Crippen LogP contribution is -2.29. The quantitative estimate of drug-likeness (QED) is 0.742. The summed E-state index contributed by atoms with van der Waals surface area (Å²) in [6.07, 6.45) is 3.56. The van der Waals surface area contributed by atoms with E-state index >= 15 is 0 Å². The zero-order valence-corrected chi connectivity index (χ0v) is 12.7. The van der Waals surface area contributed by atoms with E-state index in [1.54, 1.807) is 7.11 Å². The second-order valence-corrected chi connectivity index (χ2v) is 5.44. The minimum atomic E-state index is 0.0542. The van der Waals surface area contributed by atoms with Crippen LogP contribution in [0.25, 0.3) is 0 Å². The first-order valence-corrected chi connectivity index (χ1v) is 7.72. The van der Waals surface area contributed by atoms with Gasteiger partial charge >= 0.3 is 0 Å². The maximum absolute atomic E-state index is 11.7. The molecule has 1 saturated heterocycles. The number of hydrogen-bond donors (Lipinski definition) is 2. The van der Waals surface area contributed by atoms with Gasteiger partial charge in [-0.1, -0.05) is 6.07 Å². The molecule has 1 amide bonds. The summed E-state index contributed by atoms with van der Waals surface area (Å²) < 4.78 is 4.90. The first-order chi connectivity index (χ1) is 10.3. The normalized spacial score (nSPS) is 18.4. The van der Waals surface area contributed by atoms with E-state index in [9.17, 15) is 4.79 Å². The monoisotopic (exact) mass is 291 g/mol. The molecule has 1 aromatic rings. The van der Waals surface area contributed by atoms with Gasteiger partial charge in [-0.15, -0.1) is 0 Å². The predicted octanol–water partition coefficient (Wildman–Crippen LogP) is 1.24. The van der Waals surface area contributed by atoms with Crippen molar-refractivity contribution in [1.29, 1.82) is 0 Å². The fourth-order valence-electron chi connectivity index (χ4n) is 2.59. The van der Waals surface area contributed by atoms with Crippen LogP contribution in [0.15, 0.2) is 18.2 Å². The maximum atomic E-state index is 11.7. The molecule has 21 heavy (non-hydrogen) atoms. The molecule has 5 nitrogen and oxygen atoms in total. The first kappa shape index (κ1) is 15.9. The Balaban J connectivity index is 1.81. The molecule has 5 heteroatoms. The van der Waals surface area contributed by atoms with Crippen LogP contribution in [0.4, 0.5) is 0 Å². The SMILES string of the molecule is COCCNC(=O)CCc1cccc(C2CCCNC2)n1. The lowest BCUT2D eigenvalue weighted by Gasteiger charge is -2.22. The lowest BCUT2D eigenvalue weighted by molar-refractivity contribution is -0.121. The van der Waals surface area contributed by atoms with Crippen molar-refractivity contribution in [3.63, 3.8) is 0 Å². The van der Waals surface area contributed by atoms with Gasteiger partial charge in [-0.3, -0.25) is 9.78 Å². The van der Waals surface area contributed by atoms with Gasteiger partial charge in [0.15, 0.2) is 0 Å². The summed E-state index contributed by atoms with van der Waals surface area (Å²) in [5, 5.41) is 6.25. The molecule has 1 fully saturated rings. The van der Waals surface area contributed by atoms with Gasteiger partial charge < -0.3 is 15.4 Å². The number of pyridine rings is 1. The Kier molecular flexibility index (Phi) is 6.63. The number of piperidine rings is 1. The largest absolute Gasteiger partial charge is 0.383 e. The van der Waals surface area contributed by atoms with Gasteiger partial charge in [0, 0.05) is 43.9 Å². The Morgan fingerprint density at radius 2 is 2.43 bits per heavy atom. The maximum Gasteiger partial charge on any atom is 0.220 e. The molecule has 0 radical (unpaired) electrons. The van der Waals surface area contributed by atoms with Crippen LogP contribution >= 0.6 is 0 Å². The number of aryl methyl sites for hydroxylation is 1. The van der Waals surface area contributed by atoms with Gasteiger partial charge in [0.1, 0.15) is 0 Å². The Bertz CT molecular complexity index is 445. The highest BCUT2D eigenvalue weighted by atomic mass is 16.5. The zero-order chi connectivity index (χ0) is 14.9. The van der Waals surface area contributed by atoms with Crippen LogP contribution < -0.4 is 10.6 Å². The molecule has 1 atom stereocenters. The van der Waals surface area contributed by atoms with Crippen molar-refractivity contribution >= 4 is 5.91 Å². The average Bonchev–Trinajstić information content (AvgIpc) is 2.54. The van der Waals surface area contributed by atoms with Gasteiger partial charge in [0.25, 0.3) is 0 Å². The van der Waals surface area contributed by atoms with E-state index < -0.39 is 0 Å². The van der Waals surface area contributed by atoms with E-state index in [2.05, 4.69) is 22.8 Å². The number of nitrogens with one attached hydrogen (secondary N) is 2. The second-order valence-electron chi connectivity index (χ2n) is 5.44. The summed E-state index contributed by atoms with van der Waals surface area (Å²) in [7, 11) is 1.63. The fraction of sp³-hybridized carbons (Fsp3) is 0.625. The number of hydrogen-bond acceptors (Lipinski definition) is 4. The number of carbonyl (C=O) groups excluding carboxylic acids is 1. The molecule has 2 rings (SSSR count). The summed E-state index contributed by atoms with van der Waals surface area (Å²) in [6.45, 7) is 3.23. The fourth-order valence-corrected chi connectivity index (χ4v) is 2.59. The lowest BCUT2D eigenvalue weighted by atomic mass is 9.95. The number of ether oxygens (including phenoxy) is 1. The molecular formula is C16H25N3O2. The van der Waals surface area contributed by atoms with E-state index in [1.807, 2.05) is 6.07 Å². The van der Waals surface area contributed by atoms with Crippen LogP contribution in [0.5, 0.6) is 0 Å². The topological polar surface area (TPSA) is 63.2 Å². The Morgan fingerprint density at radius 3 is 3.19 bits per heavy atom. The first-order valence-electron chi connectivity index (χ1n) is 7.72. The molecule has 0 aromatic carbocycles. The molecule has 1 aliphatic rings. The summed E-state index contributed by atoms with van der Waals surface area (Å²) in [4.78, 5) is 16.4. The van der Waals surface area contributed by atoms with Crippen molar-refractivity contribution in [3.05, 3.63) is 29.6 Å². The number of carbonyl (C=O) groups is 1. The molecular weight excluding hydrogens is 266 g/mol. The standard InChI is InChI=1S/C16H25N3O2/c1-21-11-10-18-16(20)8-7-14-5-2-6-15(19-14)13-4-3-9-17-12-13/h2,5-6,13,17H,3-4,7-12H2,1H3,(H,18,20). The molecule has 0 aliphatic carbocycles. The van der Waals surface area contributed by atoms with Gasteiger partial charge in [0.2, 0.25) is 5.91 Å². The highest BCUT2D eigenvalue weighted by Crippen LogP contribution is 2.21. The molecule has 2 heterocycles. The summed E-state index contributed by atoms with van der Waals surface area (Å²) in [6, 6.07) is 6.15. The minimum Gasteiger partial charge on any atom is -0.383 e. The van der Waals surface area contributed by atoms with Crippen molar-refractivity contribution in [1.82, 2.24) is 15.6 Å². The van der Waals surface area contributed by atoms with Crippen LogP contribution in [0.1, 0.15) is 36.6 Å². The highest BCUT2D eigenvalue weighted by molar-refractivity contribution is 5.76. The molecule has 116 valence electrons. The van der Waals surface area contributed by atoms with E-state index in [4.69, 9.17) is 9.72 Å². The summed E-state index contributed by atoms with van der Waals surface area (Å²) in [5.74, 6) is 0.563. The molecule has 1 unspecified atom stereocenters. The summed E-state index contributed by atoms with van der Waals surface area (Å²) in [5.41, 5.74) is 2.15. The van der Waals surface area contributed by atoms with Crippen LogP contribution in [0.3, 0.4) is 0 Å². The summed E-state index contributed by atoms with van der Waals surface area (Å²) >= 11 is 0. The van der Waals surface area contributed by atoms with E-state index in [0.717, 1.165) is 24.5 Å². The van der Waals surface area contributed by atoms with Crippen LogP contribution in [0, 0.1) is 0 Å². The second kappa shape index (κ2) is 8.74. The molecule has 0 spiro atoms. The third-order valence-corrected chi connectivity index (χ3v) is 3.78. The number of methoxy groups -OCH3 is 1. The van der Waals surface area contributed by atoms with Crippen LogP contribution in [0.2, 0.25) is 0 Å². The van der Waals surface area contributed by atoms with E-state index in [-0.39, 0.29) is 5.91 Å². The van der Waals surface area contributed by atoms with Crippen molar-refractivity contribution < 1.29 is 9.53 Å². The molecule has 1 aromatic heterocycles. The smallest absolute Gasteiger partial charge is 0.220 e. The number of rotatable bonds is 7. The molecule has 0 saturated carbocycles. The third-order valence-electron chi connectivity index (χ3n) is 3.78. The highest BCUT2D eigenvalue weighted by Gasteiger charge is 2.16. The average molecular weight is 291 g/mol. The van der Waals surface area contributed by atoms with Gasteiger partial charge in [0.05, 0.1) is 6.61 Å². The zero-order valence-electron chi connectivity index (χ0n) is 12.7. The third kappa shape index (κ3) is 5.44. The number of amides is 1. The Hall–Kier alpha value is -1.46. The number of nitrogens with zero attached hydrogens (tertiary/aromatic N) is 1. The minimum absolute atomic E-state index is 0.0542. The predicted molar refractivity (Wildman–Crippen MR) is 82.3 cm³/mol. The van der Waals surface area contributed by atoms with Crippen LogP contribution in [-0.4, -0.2) is 44.2 Å². The van der Waals surface area contributed by atoms with E-state index in [0.29, 0.717) is 31.9 Å². The molecule has 2 N–H and O–H groups in total. The van der Waals surface area contributed by atoms with Crippen molar-refractivity contribution in [2.45, 2.75) is 31.6 Å². The Morgan fingerprint density at radius 1 is 1.52 bits per heavy atom. The van der Waals surface area contributed by atoms with Gasteiger partial charge in [-0.2, -0.15) is 0 Å². The van der Waals surface area contributed by atoms with E-state index in [1.165, 1.54) is 12.8 Å². The Labute approximate surface area is 126 Å². The van der Waals surface area contributed by atoms with Crippen molar-refractivity contribution in [3.8, 4) is 0 Å². The van der Waals surface area contributed by atoms with Crippen molar-refractivity contribution in [2.75, 3.05) is 33.4 Å². The van der Waals surface area contributed by atoms with Gasteiger partial charge in [-0.05, 0) is 37.9 Å². The van der Waals surface area contributed by atoms with Crippen LogP contribution in [-0.2, 0) is 16.0 Å². The molecule has 1 aliphatic heterocycles. The van der Waals surface area contributed by atoms with Gasteiger partial charge in [-0.25, -0.2) is 0 Å².